The first-order valence-electron chi connectivity index (χ1n) is 21.5. The standard InChI is InChI=1S/C50H48N6O10/c1-63-29-30-65-49(62)55-38-22-21-32(13-12-25-54-48(51)61)31-37(38)50(47(55)60)40(45(58)53-26-23-35-18-10-11-24-52-35)42-46(59)66-43(34-16-6-3-7-17-34)41(33-14-4-2-5-15-33)56(42)44(50)36-19-8-9-20-39(36)64-28-27-57/h2-11,14-22,24,31,40-44,57H,23,25-30H2,1H3,(H,53,58)(H3,51,54,61)/t40-,41-,42-,43+,44+,50-/m1/s1. The fraction of sp³-hybridized carbons (Fsp3) is 0.280. The normalized spacial score (nSPS) is 21.8. The third-order valence-electron chi connectivity index (χ3n) is 12.0. The number of fused-ring (bicyclic) bond motifs is 3. The second-order valence-electron chi connectivity index (χ2n) is 15.7. The number of benzene rings is 4. The second kappa shape index (κ2) is 20.1. The summed E-state index contributed by atoms with van der Waals surface area (Å²) in [5.41, 5.74) is 6.26. The van der Waals surface area contributed by atoms with Crippen LogP contribution in [0.15, 0.2) is 128 Å². The van der Waals surface area contributed by atoms with Gasteiger partial charge >= 0.3 is 18.1 Å². The smallest absolute Gasteiger partial charge is 0.421 e. The predicted molar refractivity (Wildman–Crippen MR) is 240 cm³/mol. The Balaban J connectivity index is 1.44. The lowest BCUT2D eigenvalue weighted by molar-refractivity contribution is -0.178. The van der Waals surface area contributed by atoms with Crippen molar-refractivity contribution in [1.29, 1.82) is 0 Å². The number of hydrogen-bond donors (Lipinski definition) is 4. The summed E-state index contributed by atoms with van der Waals surface area (Å²) in [6.45, 7) is -0.678. The number of morpholine rings is 1. The molecule has 1 aromatic heterocycles. The monoisotopic (exact) mass is 892 g/mol. The molecule has 66 heavy (non-hydrogen) atoms. The summed E-state index contributed by atoms with van der Waals surface area (Å²) in [5.74, 6) is 2.25. The molecule has 338 valence electrons. The average molecular weight is 893 g/mol. The van der Waals surface area contributed by atoms with Crippen LogP contribution in [0.3, 0.4) is 0 Å². The number of para-hydroxylation sites is 1. The molecular formula is C50H48N6O10. The van der Waals surface area contributed by atoms with Gasteiger partial charge in [-0.3, -0.25) is 24.3 Å². The van der Waals surface area contributed by atoms with Crippen LogP contribution in [0.4, 0.5) is 15.3 Å². The van der Waals surface area contributed by atoms with Crippen molar-refractivity contribution in [3.05, 3.63) is 161 Å². The molecule has 16 nitrogen and oxygen atoms in total. The number of anilines is 1. The van der Waals surface area contributed by atoms with Crippen LogP contribution in [0.25, 0.3) is 0 Å². The van der Waals surface area contributed by atoms with Gasteiger partial charge in [-0.2, -0.15) is 0 Å². The van der Waals surface area contributed by atoms with Crippen molar-refractivity contribution in [2.24, 2.45) is 11.7 Å². The fourth-order valence-corrected chi connectivity index (χ4v) is 9.45. The minimum Gasteiger partial charge on any atom is -0.491 e. The number of aliphatic hydroxyl groups is 1. The minimum absolute atomic E-state index is 0.0282. The molecule has 0 bridgehead atoms. The van der Waals surface area contributed by atoms with Gasteiger partial charge < -0.3 is 40.4 Å². The summed E-state index contributed by atoms with van der Waals surface area (Å²) < 4.78 is 23.6. The van der Waals surface area contributed by atoms with Crippen LogP contribution in [0, 0.1) is 17.8 Å². The number of carbonyl (C=O) groups is 5. The van der Waals surface area contributed by atoms with Crippen molar-refractivity contribution in [1.82, 2.24) is 20.5 Å². The molecule has 16 heteroatoms. The fourth-order valence-electron chi connectivity index (χ4n) is 9.45. The molecule has 6 atom stereocenters. The van der Waals surface area contributed by atoms with Crippen LogP contribution < -0.4 is 26.0 Å². The molecule has 0 unspecified atom stereocenters. The summed E-state index contributed by atoms with van der Waals surface area (Å²) in [5, 5.41) is 15.5. The SMILES string of the molecule is COCCOC(=O)N1C(=O)[C@@]2(c3cc(C#CCNC(N)=O)ccc31)[C@H](c1ccccc1OCCO)N1[C@H](c3ccccc3)[C@H](c3ccccc3)OC(=O)[C@H]1[C@@H]2C(=O)NCCc1ccccn1. The van der Waals surface area contributed by atoms with Gasteiger partial charge in [-0.1, -0.05) is 96.8 Å². The van der Waals surface area contributed by atoms with Crippen molar-refractivity contribution in [3.8, 4) is 17.6 Å². The van der Waals surface area contributed by atoms with Crippen LogP contribution in [-0.2, 0) is 40.4 Å². The van der Waals surface area contributed by atoms with E-state index >= 15 is 14.4 Å². The molecule has 0 aliphatic carbocycles. The summed E-state index contributed by atoms with van der Waals surface area (Å²) in [4.78, 5) is 80.4. The van der Waals surface area contributed by atoms with E-state index in [0.29, 0.717) is 34.4 Å². The maximum atomic E-state index is 16.3. The maximum Gasteiger partial charge on any atom is 0.421 e. The zero-order valence-electron chi connectivity index (χ0n) is 36.0. The maximum absolute atomic E-state index is 16.3. The predicted octanol–water partition coefficient (Wildman–Crippen LogP) is 4.28. The van der Waals surface area contributed by atoms with E-state index in [0.717, 1.165) is 4.90 Å². The van der Waals surface area contributed by atoms with Gasteiger partial charge in [0.1, 0.15) is 36.5 Å². The van der Waals surface area contributed by atoms with Gasteiger partial charge in [0.25, 0.3) is 0 Å². The van der Waals surface area contributed by atoms with E-state index in [1.54, 1.807) is 54.7 Å². The van der Waals surface area contributed by atoms with Gasteiger partial charge in [0.15, 0.2) is 0 Å². The molecule has 8 rings (SSSR count). The van der Waals surface area contributed by atoms with E-state index in [4.69, 9.17) is 24.7 Å². The highest BCUT2D eigenvalue weighted by molar-refractivity contribution is 6.23. The number of carbonyl (C=O) groups excluding carboxylic acids is 5. The van der Waals surface area contributed by atoms with E-state index in [-0.39, 0.29) is 56.5 Å². The molecule has 5 N–H and O–H groups in total. The summed E-state index contributed by atoms with van der Waals surface area (Å²) in [7, 11) is 1.44. The zero-order chi connectivity index (χ0) is 46.2. The topological polar surface area (TPSA) is 212 Å². The van der Waals surface area contributed by atoms with Crippen LogP contribution in [0.2, 0.25) is 0 Å². The Hall–Kier alpha value is -7.58. The van der Waals surface area contributed by atoms with Gasteiger partial charge in [0.05, 0.1) is 43.4 Å². The van der Waals surface area contributed by atoms with Gasteiger partial charge in [0.2, 0.25) is 11.8 Å². The lowest BCUT2D eigenvalue weighted by Gasteiger charge is -2.46. The number of cyclic esters (lactones) is 1. The molecule has 4 aromatic carbocycles. The highest BCUT2D eigenvalue weighted by atomic mass is 16.6. The average Bonchev–Trinajstić information content (AvgIpc) is 3.79. The number of esters is 1. The number of nitrogens with two attached hydrogens (primary N) is 1. The third-order valence-corrected chi connectivity index (χ3v) is 12.0. The molecule has 0 radical (unpaired) electrons. The first-order valence-corrected chi connectivity index (χ1v) is 21.5. The van der Waals surface area contributed by atoms with Crippen molar-refractivity contribution >= 4 is 35.6 Å². The number of pyridine rings is 1. The zero-order valence-corrected chi connectivity index (χ0v) is 36.0. The van der Waals surface area contributed by atoms with E-state index < -0.39 is 65.5 Å². The number of methoxy groups -OCH3 is 1. The van der Waals surface area contributed by atoms with Crippen molar-refractivity contribution < 1.29 is 48.0 Å². The Labute approximate surface area is 381 Å². The number of ether oxygens (including phenoxy) is 4. The Morgan fingerprint density at radius 3 is 2.30 bits per heavy atom. The largest absolute Gasteiger partial charge is 0.491 e. The number of nitrogens with zero attached hydrogens (tertiary/aromatic N) is 3. The number of nitrogens with one attached hydrogen (secondary N) is 2. The Morgan fingerprint density at radius 1 is 0.864 bits per heavy atom. The lowest BCUT2D eigenvalue weighted by atomic mass is 9.65. The number of aromatic nitrogens is 1. The molecule has 2 saturated heterocycles. The number of aliphatic hydroxyl groups excluding tert-OH is 1. The highest BCUT2D eigenvalue weighted by Crippen LogP contribution is 2.66. The van der Waals surface area contributed by atoms with Crippen LogP contribution in [-0.4, -0.2) is 97.6 Å². The number of urea groups is 1. The molecule has 5 aromatic rings. The first kappa shape index (κ1) is 45.0. The summed E-state index contributed by atoms with van der Waals surface area (Å²) in [6, 6.07) is 31.4. The number of amides is 5. The molecule has 0 saturated carbocycles. The van der Waals surface area contributed by atoms with E-state index in [1.807, 2.05) is 77.7 Å². The van der Waals surface area contributed by atoms with Gasteiger partial charge in [-0.05, 0) is 53.1 Å². The summed E-state index contributed by atoms with van der Waals surface area (Å²) >= 11 is 0. The van der Waals surface area contributed by atoms with Crippen LogP contribution >= 0.6 is 0 Å². The Morgan fingerprint density at radius 2 is 1.59 bits per heavy atom. The van der Waals surface area contributed by atoms with Gasteiger partial charge in [0, 0.05) is 43.1 Å². The van der Waals surface area contributed by atoms with Gasteiger partial charge in [-0.25, -0.2) is 14.5 Å². The third kappa shape index (κ3) is 8.54. The Bertz CT molecular complexity index is 2640. The van der Waals surface area contributed by atoms with E-state index in [2.05, 4.69) is 27.5 Å². The van der Waals surface area contributed by atoms with Crippen LogP contribution in [0.1, 0.15) is 51.7 Å². The first-order chi connectivity index (χ1) is 32.2. The quantitative estimate of drug-likeness (QED) is 0.0700. The van der Waals surface area contributed by atoms with E-state index in [9.17, 15) is 14.7 Å². The van der Waals surface area contributed by atoms with Crippen molar-refractivity contribution in [3.63, 3.8) is 0 Å². The van der Waals surface area contributed by atoms with Crippen LogP contribution in [0.5, 0.6) is 5.75 Å². The summed E-state index contributed by atoms with van der Waals surface area (Å²) in [6.07, 6.45) is -0.0382. The number of hydrogen-bond acceptors (Lipinski definition) is 12. The molecule has 3 aliphatic rings. The number of primary amides is 1. The molecule has 4 heterocycles. The number of rotatable bonds is 14. The molecule has 3 aliphatic heterocycles. The Kier molecular flexibility index (Phi) is 13.7. The lowest BCUT2D eigenvalue weighted by Crippen LogP contribution is -2.56. The highest BCUT2D eigenvalue weighted by Gasteiger charge is 2.76. The second-order valence-corrected chi connectivity index (χ2v) is 15.7. The van der Waals surface area contributed by atoms with Gasteiger partial charge in [-0.15, -0.1) is 0 Å². The van der Waals surface area contributed by atoms with Crippen molar-refractivity contribution in [2.45, 2.75) is 36.1 Å². The van der Waals surface area contributed by atoms with E-state index in [1.165, 1.54) is 7.11 Å². The molecular weight excluding hydrogens is 845 g/mol. The van der Waals surface area contributed by atoms with Crippen molar-refractivity contribution in [2.75, 3.05) is 51.5 Å². The molecule has 2 fully saturated rings. The minimum atomic E-state index is -2.13. The number of imide groups is 1. The molecule has 1 spiro atoms. The molecule has 5 amide bonds.